The molecule has 1 aromatic carbocycles. The summed E-state index contributed by atoms with van der Waals surface area (Å²) in [4.78, 5) is 4.20. The highest BCUT2D eigenvalue weighted by atomic mass is 32.2. The molecule has 5 nitrogen and oxygen atoms in total. The maximum atomic E-state index is 12.4. The largest absolute Gasteiger partial charge is 0.473 e. The van der Waals surface area contributed by atoms with Crippen LogP contribution in [0.25, 0.3) is 6.08 Å². The Morgan fingerprint density at radius 1 is 1.21 bits per heavy atom. The quantitative estimate of drug-likeness (QED) is 0.837. The summed E-state index contributed by atoms with van der Waals surface area (Å²) >= 11 is 0. The molecule has 1 fully saturated rings. The van der Waals surface area contributed by atoms with E-state index >= 15 is 0 Å². The second-order valence-corrected chi connectivity index (χ2v) is 7.64. The molecular formula is C18H20N2O3S. The fourth-order valence-corrected chi connectivity index (χ4v) is 3.77. The Balaban J connectivity index is 1.61. The third-order valence-electron chi connectivity index (χ3n) is 3.87. The highest BCUT2D eigenvalue weighted by molar-refractivity contribution is 7.92. The molecule has 1 saturated heterocycles. The SMILES string of the molecule is Cc1ccc(OC2CCN(S(=O)(=O)/C=C/c3ccccc3)C2)nc1. The smallest absolute Gasteiger partial charge is 0.236 e. The van der Waals surface area contributed by atoms with Crippen molar-refractivity contribution in [1.82, 2.24) is 9.29 Å². The molecule has 0 N–H and O–H groups in total. The van der Waals surface area contributed by atoms with Crippen LogP contribution < -0.4 is 4.74 Å². The summed E-state index contributed by atoms with van der Waals surface area (Å²) in [7, 11) is -3.44. The monoisotopic (exact) mass is 344 g/mol. The molecule has 1 unspecified atom stereocenters. The maximum absolute atomic E-state index is 12.4. The van der Waals surface area contributed by atoms with Crippen LogP contribution in [0.1, 0.15) is 17.5 Å². The number of aromatic nitrogens is 1. The lowest BCUT2D eigenvalue weighted by Crippen LogP contribution is -2.29. The number of hydrogen-bond acceptors (Lipinski definition) is 4. The first-order valence-electron chi connectivity index (χ1n) is 7.85. The van der Waals surface area contributed by atoms with Crippen molar-refractivity contribution in [2.24, 2.45) is 0 Å². The van der Waals surface area contributed by atoms with Crippen LogP contribution in [0.15, 0.2) is 54.1 Å². The average molecular weight is 344 g/mol. The number of benzene rings is 1. The van der Waals surface area contributed by atoms with Crippen LogP contribution >= 0.6 is 0 Å². The van der Waals surface area contributed by atoms with E-state index in [1.807, 2.05) is 49.4 Å². The van der Waals surface area contributed by atoms with E-state index in [9.17, 15) is 8.42 Å². The molecule has 0 radical (unpaired) electrons. The van der Waals surface area contributed by atoms with E-state index in [0.29, 0.717) is 25.4 Å². The van der Waals surface area contributed by atoms with E-state index in [1.54, 1.807) is 12.3 Å². The second kappa shape index (κ2) is 7.15. The van der Waals surface area contributed by atoms with Gasteiger partial charge in [-0.1, -0.05) is 36.4 Å². The van der Waals surface area contributed by atoms with Crippen molar-refractivity contribution in [3.63, 3.8) is 0 Å². The molecule has 24 heavy (non-hydrogen) atoms. The molecule has 0 amide bonds. The van der Waals surface area contributed by atoms with Gasteiger partial charge >= 0.3 is 0 Å². The molecule has 1 aliphatic rings. The highest BCUT2D eigenvalue weighted by Gasteiger charge is 2.31. The molecule has 0 bridgehead atoms. The van der Waals surface area contributed by atoms with Gasteiger partial charge < -0.3 is 4.74 Å². The van der Waals surface area contributed by atoms with Gasteiger partial charge in [0.25, 0.3) is 0 Å². The van der Waals surface area contributed by atoms with Crippen LogP contribution in [0.2, 0.25) is 0 Å². The zero-order chi connectivity index (χ0) is 17.0. The van der Waals surface area contributed by atoms with Crippen LogP contribution in [0.5, 0.6) is 5.88 Å². The average Bonchev–Trinajstić information content (AvgIpc) is 3.06. The minimum atomic E-state index is -3.44. The van der Waals surface area contributed by atoms with Crippen molar-refractivity contribution in [3.05, 3.63) is 65.2 Å². The van der Waals surface area contributed by atoms with Gasteiger partial charge in [-0.05, 0) is 30.5 Å². The van der Waals surface area contributed by atoms with Gasteiger partial charge in [0.2, 0.25) is 15.9 Å². The highest BCUT2D eigenvalue weighted by Crippen LogP contribution is 2.20. The zero-order valence-electron chi connectivity index (χ0n) is 13.5. The molecule has 0 spiro atoms. The van der Waals surface area contributed by atoms with Crippen LogP contribution in [0.4, 0.5) is 0 Å². The predicted molar refractivity (Wildman–Crippen MR) is 94.0 cm³/mol. The Kier molecular flexibility index (Phi) is 4.97. The van der Waals surface area contributed by atoms with Gasteiger partial charge in [0.1, 0.15) is 6.10 Å². The third-order valence-corrected chi connectivity index (χ3v) is 5.40. The van der Waals surface area contributed by atoms with Gasteiger partial charge in [0.15, 0.2) is 0 Å². The summed E-state index contributed by atoms with van der Waals surface area (Å²) in [6.07, 6.45) is 3.85. The molecule has 2 heterocycles. The molecule has 0 saturated carbocycles. The van der Waals surface area contributed by atoms with E-state index in [1.165, 1.54) is 9.71 Å². The van der Waals surface area contributed by atoms with Crippen LogP contribution in [0, 0.1) is 6.92 Å². The van der Waals surface area contributed by atoms with Gasteiger partial charge in [-0.2, -0.15) is 4.31 Å². The summed E-state index contributed by atoms with van der Waals surface area (Å²) in [5.74, 6) is 0.532. The summed E-state index contributed by atoms with van der Waals surface area (Å²) in [6, 6.07) is 13.1. The molecule has 0 aliphatic carbocycles. The molecule has 6 heteroatoms. The fourth-order valence-electron chi connectivity index (χ4n) is 2.53. The lowest BCUT2D eigenvalue weighted by atomic mass is 10.2. The van der Waals surface area contributed by atoms with Crippen molar-refractivity contribution >= 4 is 16.1 Å². The number of sulfonamides is 1. The van der Waals surface area contributed by atoms with Crippen molar-refractivity contribution in [1.29, 1.82) is 0 Å². The Labute approximate surface area is 142 Å². The number of aryl methyl sites for hydroxylation is 1. The summed E-state index contributed by atoms with van der Waals surface area (Å²) in [6.45, 7) is 2.76. The van der Waals surface area contributed by atoms with Crippen molar-refractivity contribution in [2.75, 3.05) is 13.1 Å². The van der Waals surface area contributed by atoms with Crippen LogP contribution in [-0.2, 0) is 10.0 Å². The van der Waals surface area contributed by atoms with Crippen LogP contribution in [-0.4, -0.2) is 36.9 Å². The van der Waals surface area contributed by atoms with E-state index < -0.39 is 10.0 Å². The minimum Gasteiger partial charge on any atom is -0.473 e. The normalized spacial score (nSPS) is 19.0. The summed E-state index contributed by atoms with van der Waals surface area (Å²) < 4.78 is 32.1. The Bertz CT molecular complexity index is 802. The Hall–Kier alpha value is -2.18. The first-order chi connectivity index (χ1) is 11.5. The first kappa shape index (κ1) is 16.7. The lowest BCUT2D eigenvalue weighted by molar-refractivity contribution is 0.207. The van der Waals surface area contributed by atoms with E-state index in [4.69, 9.17) is 4.74 Å². The number of ether oxygens (including phenoxy) is 1. The van der Waals surface area contributed by atoms with E-state index in [-0.39, 0.29) is 6.10 Å². The molecule has 3 rings (SSSR count). The topological polar surface area (TPSA) is 59.5 Å². The zero-order valence-corrected chi connectivity index (χ0v) is 14.3. The number of pyridine rings is 1. The Morgan fingerprint density at radius 3 is 2.71 bits per heavy atom. The predicted octanol–water partition coefficient (Wildman–Crippen LogP) is 2.84. The number of rotatable bonds is 5. The standard InChI is InChI=1S/C18H20N2O3S/c1-15-7-8-18(19-13-15)23-17-9-11-20(14-17)24(21,22)12-10-16-5-3-2-4-6-16/h2-8,10,12-13,17H,9,11,14H2,1H3/b12-10+. The third kappa shape index (κ3) is 4.21. The molecule has 1 aliphatic heterocycles. The van der Waals surface area contributed by atoms with Gasteiger partial charge in [0, 0.05) is 24.2 Å². The lowest BCUT2D eigenvalue weighted by Gasteiger charge is -2.15. The number of hydrogen-bond donors (Lipinski definition) is 0. The van der Waals surface area contributed by atoms with Crippen molar-refractivity contribution in [3.8, 4) is 5.88 Å². The fraction of sp³-hybridized carbons (Fsp3) is 0.278. The second-order valence-electron chi connectivity index (χ2n) is 5.82. The molecule has 1 aromatic heterocycles. The molecular weight excluding hydrogens is 324 g/mol. The maximum Gasteiger partial charge on any atom is 0.236 e. The van der Waals surface area contributed by atoms with Gasteiger partial charge in [-0.25, -0.2) is 13.4 Å². The van der Waals surface area contributed by atoms with Gasteiger partial charge in [-0.3, -0.25) is 0 Å². The van der Waals surface area contributed by atoms with Crippen molar-refractivity contribution in [2.45, 2.75) is 19.4 Å². The first-order valence-corrected chi connectivity index (χ1v) is 9.36. The van der Waals surface area contributed by atoms with Gasteiger partial charge in [0.05, 0.1) is 6.54 Å². The Morgan fingerprint density at radius 2 is 2.00 bits per heavy atom. The summed E-state index contributed by atoms with van der Waals surface area (Å²) in [5.41, 5.74) is 1.92. The van der Waals surface area contributed by atoms with Gasteiger partial charge in [-0.15, -0.1) is 0 Å². The van der Waals surface area contributed by atoms with Crippen molar-refractivity contribution < 1.29 is 13.2 Å². The molecule has 126 valence electrons. The van der Waals surface area contributed by atoms with E-state index in [2.05, 4.69) is 4.98 Å². The molecule has 1 atom stereocenters. The van der Waals surface area contributed by atoms with E-state index in [0.717, 1.165) is 11.1 Å². The molecule has 2 aromatic rings. The minimum absolute atomic E-state index is 0.167. The number of nitrogens with zero attached hydrogens (tertiary/aromatic N) is 2. The van der Waals surface area contributed by atoms with Crippen LogP contribution in [0.3, 0.4) is 0 Å². The summed E-state index contributed by atoms with van der Waals surface area (Å²) in [5, 5.41) is 1.26.